The molecule has 0 N–H and O–H groups in total. The molecule has 4 rings (SSSR count). The zero-order valence-electron chi connectivity index (χ0n) is 17.3. The monoisotopic (exact) mass is 441 g/mol. The van der Waals surface area contributed by atoms with Crippen molar-refractivity contribution in [2.45, 2.75) is 4.90 Å². The Morgan fingerprint density at radius 3 is 2.32 bits per heavy atom. The van der Waals surface area contributed by atoms with Gasteiger partial charge in [-0.05, 0) is 24.3 Å². The first kappa shape index (κ1) is 21.1. The van der Waals surface area contributed by atoms with Crippen LogP contribution in [0, 0.1) is 0 Å². The summed E-state index contributed by atoms with van der Waals surface area (Å²) in [5.41, 5.74) is 1.11. The Morgan fingerprint density at radius 1 is 0.903 bits per heavy atom. The van der Waals surface area contributed by atoms with Gasteiger partial charge in [-0.2, -0.15) is 4.31 Å². The zero-order valence-corrected chi connectivity index (χ0v) is 18.1. The fraction of sp³-hybridized carbons (Fsp3) is 0.273. The van der Waals surface area contributed by atoms with Gasteiger partial charge in [0.25, 0.3) is 5.91 Å². The average Bonchev–Trinajstić information content (AvgIpc) is 2.82. The van der Waals surface area contributed by atoms with E-state index >= 15 is 0 Å². The summed E-state index contributed by atoms with van der Waals surface area (Å²) in [5, 5.41) is 0.963. The van der Waals surface area contributed by atoms with Gasteiger partial charge in [0.1, 0.15) is 5.69 Å². The predicted molar refractivity (Wildman–Crippen MR) is 116 cm³/mol. The second kappa shape index (κ2) is 8.52. The van der Waals surface area contributed by atoms with Crippen LogP contribution in [0.3, 0.4) is 0 Å². The summed E-state index contributed by atoms with van der Waals surface area (Å²) < 4.78 is 37.9. The van der Waals surface area contributed by atoms with E-state index in [0.717, 1.165) is 10.9 Å². The maximum Gasteiger partial charge on any atom is 0.272 e. The highest BCUT2D eigenvalue weighted by atomic mass is 32.2. The number of sulfonamides is 1. The summed E-state index contributed by atoms with van der Waals surface area (Å²) in [5.74, 6) is 0.605. The van der Waals surface area contributed by atoms with Crippen molar-refractivity contribution in [3.05, 3.63) is 60.3 Å². The van der Waals surface area contributed by atoms with Crippen LogP contribution in [0.1, 0.15) is 10.5 Å². The molecule has 1 fully saturated rings. The summed E-state index contributed by atoms with van der Waals surface area (Å²) in [7, 11) is -0.767. The van der Waals surface area contributed by atoms with Gasteiger partial charge in [0.2, 0.25) is 10.0 Å². The minimum absolute atomic E-state index is 0.126. The van der Waals surface area contributed by atoms with Crippen molar-refractivity contribution in [1.29, 1.82) is 0 Å². The number of para-hydroxylation sites is 1. The van der Waals surface area contributed by atoms with Gasteiger partial charge in [-0.1, -0.05) is 24.3 Å². The second-order valence-corrected chi connectivity index (χ2v) is 9.04. The zero-order chi connectivity index (χ0) is 22.0. The van der Waals surface area contributed by atoms with Gasteiger partial charge < -0.3 is 14.4 Å². The van der Waals surface area contributed by atoms with Crippen LogP contribution >= 0.6 is 0 Å². The molecule has 1 saturated heterocycles. The highest BCUT2D eigenvalue weighted by Gasteiger charge is 2.31. The first-order chi connectivity index (χ1) is 14.9. The SMILES string of the molecule is COc1ccc(S(=O)(=O)N2CCN(C(=O)c3ccc4ccccc4n3)CC2)cc1OC. The lowest BCUT2D eigenvalue weighted by Gasteiger charge is -2.34. The molecule has 9 heteroatoms. The Bertz CT molecular complexity index is 1220. The van der Waals surface area contributed by atoms with E-state index in [9.17, 15) is 13.2 Å². The fourth-order valence-corrected chi connectivity index (χ4v) is 5.04. The third kappa shape index (κ3) is 4.06. The van der Waals surface area contributed by atoms with Crippen molar-refractivity contribution in [2.75, 3.05) is 40.4 Å². The van der Waals surface area contributed by atoms with Crippen LogP contribution in [0.5, 0.6) is 11.5 Å². The van der Waals surface area contributed by atoms with Crippen LogP contribution in [0.15, 0.2) is 59.5 Å². The molecule has 0 atom stereocenters. The van der Waals surface area contributed by atoms with Crippen LogP contribution in [0.25, 0.3) is 10.9 Å². The molecule has 1 amide bonds. The molecule has 8 nitrogen and oxygen atoms in total. The van der Waals surface area contributed by atoms with Gasteiger partial charge in [0, 0.05) is 37.6 Å². The molecule has 1 aliphatic rings. The Balaban J connectivity index is 1.48. The first-order valence-electron chi connectivity index (χ1n) is 9.81. The number of ether oxygens (including phenoxy) is 2. The van der Waals surface area contributed by atoms with E-state index in [1.165, 1.54) is 30.7 Å². The average molecular weight is 442 g/mol. The van der Waals surface area contributed by atoms with Crippen LogP contribution in [0.4, 0.5) is 0 Å². The molecule has 3 aromatic rings. The molecule has 1 aromatic heterocycles. The molecule has 0 aliphatic carbocycles. The third-order valence-corrected chi connectivity index (χ3v) is 7.23. The Labute approximate surface area is 181 Å². The number of methoxy groups -OCH3 is 2. The number of pyridine rings is 1. The number of hydrogen-bond acceptors (Lipinski definition) is 6. The minimum Gasteiger partial charge on any atom is -0.493 e. The van der Waals surface area contributed by atoms with E-state index in [1.807, 2.05) is 30.3 Å². The Hall–Kier alpha value is -3.17. The van der Waals surface area contributed by atoms with Crippen molar-refractivity contribution in [3.63, 3.8) is 0 Å². The molecule has 2 heterocycles. The number of fused-ring (bicyclic) bond motifs is 1. The van der Waals surface area contributed by atoms with Crippen molar-refractivity contribution in [3.8, 4) is 11.5 Å². The van der Waals surface area contributed by atoms with E-state index in [1.54, 1.807) is 17.0 Å². The molecule has 31 heavy (non-hydrogen) atoms. The molecular formula is C22H23N3O5S. The fourth-order valence-electron chi connectivity index (χ4n) is 3.60. The summed E-state index contributed by atoms with van der Waals surface area (Å²) in [6.07, 6.45) is 0. The van der Waals surface area contributed by atoms with E-state index in [0.29, 0.717) is 30.3 Å². The van der Waals surface area contributed by atoms with E-state index < -0.39 is 10.0 Å². The number of aromatic nitrogens is 1. The molecule has 0 bridgehead atoms. The van der Waals surface area contributed by atoms with Crippen molar-refractivity contribution >= 4 is 26.8 Å². The molecule has 0 unspecified atom stereocenters. The number of carbonyl (C=O) groups is 1. The summed E-state index contributed by atoms with van der Waals surface area (Å²) in [6, 6.07) is 15.7. The number of amides is 1. The van der Waals surface area contributed by atoms with Gasteiger partial charge in [-0.25, -0.2) is 13.4 Å². The first-order valence-corrected chi connectivity index (χ1v) is 11.3. The maximum absolute atomic E-state index is 13.1. The minimum atomic E-state index is -3.72. The summed E-state index contributed by atoms with van der Waals surface area (Å²) in [4.78, 5) is 19.1. The highest BCUT2D eigenvalue weighted by Crippen LogP contribution is 2.31. The van der Waals surface area contributed by atoms with Crippen molar-refractivity contribution in [2.24, 2.45) is 0 Å². The number of hydrogen-bond donors (Lipinski definition) is 0. The summed E-state index contributed by atoms with van der Waals surface area (Å²) >= 11 is 0. The van der Waals surface area contributed by atoms with E-state index in [4.69, 9.17) is 9.47 Å². The quantitative estimate of drug-likeness (QED) is 0.604. The second-order valence-electron chi connectivity index (χ2n) is 7.10. The lowest BCUT2D eigenvalue weighted by atomic mass is 10.2. The number of piperazine rings is 1. The molecule has 0 saturated carbocycles. The van der Waals surface area contributed by atoms with Crippen LogP contribution < -0.4 is 9.47 Å². The summed E-state index contributed by atoms with van der Waals surface area (Å²) in [6.45, 7) is 0.992. The van der Waals surface area contributed by atoms with Crippen LogP contribution in [0.2, 0.25) is 0 Å². The molecule has 0 radical (unpaired) electrons. The van der Waals surface area contributed by atoms with Crippen LogP contribution in [-0.2, 0) is 10.0 Å². The third-order valence-electron chi connectivity index (χ3n) is 5.34. The van der Waals surface area contributed by atoms with Gasteiger partial charge >= 0.3 is 0 Å². The molecule has 162 valence electrons. The predicted octanol–water partition coefficient (Wildman–Crippen LogP) is 2.40. The normalized spacial score (nSPS) is 15.1. The topological polar surface area (TPSA) is 89.0 Å². The van der Waals surface area contributed by atoms with Gasteiger partial charge in [0.15, 0.2) is 11.5 Å². The molecule has 1 aliphatic heterocycles. The van der Waals surface area contributed by atoms with Crippen molar-refractivity contribution < 1.29 is 22.7 Å². The van der Waals surface area contributed by atoms with Gasteiger partial charge in [0.05, 0.1) is 24.6 Å². The smallest absolute Gasteiger partial charge is 0.272 e. The lowest BCUT2D eigenvalue weighted by Crippen LogP contribution is -2.50. The number of carbonyl (C=O) groups excluding carboxylic acids is 1. The van der Waals surface area contributed by atoms with Crippen molar-refractivity contribution in [1.82, 2.24) is 14.2 Å². The van der Waals surface area contributed by atoms with Gasteiger partial charge in [-0.15, -0.1) is 0 Å². The molecule has 0 spiro atoms. The molecular weight excluding hydrogens is 418 g/mol. The molecule has 2 aromatic carbocycles. The highest BCUT2D eigenvalue weighted by molar-refractivity contribution is 7.89. The standard InChI is InChI=1S/C22H23N3O5S/c1-29-20-10-8-17(15-21(20)30-2)31(27,28)25-13-11-24(12-14-25)22(26)19-9-7-16-5-3-4-6-18(16)23-19/h3-10,15H,11-14H2,1-2H3. The van der Waals surface area contributed by atoms with Crippen LogP contribution in [-0.4, -0.2) is 68.9 Å². The number of nitrogens with zero attached hydrogens (tertiary/aromatic N) is 3. The van der Waals surface area contributed by atoms with Gasteiger partial charge in [-0.3, -0.25) is 4.79 Å². The lowest BCUT2D eigenvalue weighted by molar-refractivity contribution is 0.0692. The van der Waals surface area contributed by atoms with E-state index in [2.05, 4.69) is 4.98 Å². The maximum atomic E-state index is 13.1. The van der Waals surface area contributed by atoms with E-state index in [-0.39, 0.29) is 23.9 Å². The number of rotatable bonds is 5. The number of benzene rings is 2. The Morgan fingerprint density at radius 2 is 1.61 bits per heavy atom. The largest absolute Gasteiger partial charge is 0.493 e. The Kier molecular flexibility index (Phi) is 5.79.